The molecule has 0 unspecified atom stereocenters. The largest absolute Gasteiger partial charge is 0.439 e. The molecule has 1 aromatic carbocycles. The number of oxazole rings is 1. The highest BCUT2D eigenvalue weighted by atomic mass is 35.5. The first kappa shape index (κ1) is 11.4. The number of aromatic nitrogens is 1. The molecule has 0 aliphatic carbocycles. The molecule has 5 heteroatoms. The van der Waals surface area contributed by atoms with Crippen LogP contribution in [0.15, 0.2) is 16.5 Å². The van der Waals surface area contributed by atoms with Crippen LogP contribution in [-0.4, -0.2) is 12.0 Å². The second-order valence-electron chi connectivity index (χ2n) is 4.13. The van der Waals surface area contributed by atoms with Crippen molar-refractivity contribution in [1.82, 2.24) is 10.3 Å². The average molecular weight is 243 g/mol. The molecule has 1 aromatic heterocycles. The molecule has 2 rings (SSSR count). The van der Waals surface area contributed by atoms with E-state index in [1.54, 1.807) is 0 Å². The molecule has 1 N–H and O–H groups in total. The van der Waals surface area contributed by atoms with Gasteiger partial charge in [0.05, 0.1) is 10.6 Å². The molecular formula is C11H12ClFN2O. The summed E-state index contributed by atoms with van der Waals surface area (Å²) in [6, 6.07) is 2.71. The van der Waals surface area contributed by atoms with Gasteiger partial charge in [-0.05, 0) is 27.0 Å². The Balaban J connectivity index is 2.61. The van der Waals surface area contributed by atoms with Crippen molar-refractivity contribution in [2.45, 2.75) is 19.4 Å². The van der Waals surface area contributed by atoms with Crippen LogP contribution >= 0.6 is 11.6 Å². The summed E-state index contributed by atoms with van der Waals surface area (Å²) < 4.78 is 18.7. The number of hydrogen-bond acceptors (Lipinski definition) is 3. The number of nitrogens with one attached hydrogen (secondary N) is 1. The fraction of sp³-hybridized carbons (Fsp3) is 0.364. The summed E-state index contributed by atoms with van der Waals surface area (Å²) in [5, 5.41) is 3.12. The highest BCUT2D eigenvalue weighted by Gasteiger charge is 2.24. The van der Waals surface area contributed by atoms with Gasteiger partial charge in [-0.15, -0.1) is 0 Å². The van der Waals surface area contributed by atoms with E-state index >= 15 is 0 Å². The van der Waals surface area contributed by atoms with E-state index in [9.17, 15) is 4.39 Å². The molecule has 1 heterocycles. The van der Waals surface area contributed by atoms with Gasteiger partial charge in [-0.2, -0.15) is 0 Å². The van der Waals surface area contributed by atoms with E-state index in [0.717, 1.165) is 0 Å². The second kappa shape index (κ2) is 3.71. The van der Waals surface area contributed by atoms with Crippen LogP contribution in [0, 0.1) is 5.82 Å². The van der Waals surface area contributed by atoms with Gasteiger partial charge in [0, 0.05) is 6.07 Å². The Kier molecular flexibility index (Phi) is 2.64. The minimum Gasteiger partial charge on any atom is -0.439 e. The first-order valence-electron chi connectivity index (χ1n) is 4.89. The molecule has 0 radical (unpaired) electrons. The molecule has 0 atom stereocenters. The number of hydrogen-bond donors (Lipinski definition) is 1. The van der Waals surface area contributed by atoms with Crippen molar-refractivity contribution in [3.8, 4) is 0 Å². The lowest BCUT2D eigenvalue weighted by atomic mass is 10.1. The quantitative estimate of drug-likeness (QED) is 0.880. The smallest absolute Gasteiger partial charge is 0.215 e. The van der Waals surface area contributed by atoms with Crippen LogP contribution in [-0.2, 0) is 5.54 Å². The minimum atomic E-state index is -0.501. The number of rotatable bonds is 2. The number of halogens is 2. The van der Waals surface area contributed by atoms with E-state index in [0.29, 0.717) is 17.0 Å². The molecule has 2 aromatic rings. The number of nitrogens with zero attached hydrogens (tertiary/aromatic N) is 1. The molecule has 0 amide bonds. The van der Waals surface area contributed by atoms with Crippen molar-refractivity contribution in [2.75, 3.05) is 7.05 Å². The second-order valence-corrected chi connectivity index (χ2v) is 4.54. The van der Waals surface area contributed by atoms with Gasteiger partial charge in [0.15, 0.2) is 5.58 Å². The molecule has 86 valence electrons. The SMILES string of the molecule is CNC(C)(C)c1nc2cc(Cl)c(F)cc2o1. The molecule has 0 saturated heterocycles. The van der Waals surface area contributed by atoms with E-state index in [1.807, 2.05) is 20.9 Å². The Hall–Kier alpha value is -1.13. The zero-order chi connectivity index (χ0) is 11.9. The molecular weight excluding hydrogens is 231 g/mol. The Morgan fingerprint density at radius 1 is 1.44 bits per heavy atom. The van der Waals surface area contributed by atoms with Gasteiger partial charge >= 0.3 is 0 Å². The maximum atomic E-state index is 13.2. The standard InChI is InChI=1S/C11H12ClFN2O/c1-11(2,14-3)10-15-8-4-6(12)7(13)5-9(8)16-10/h4-5,14H,1-3H3. The van der Waals surface area contributed by atoms with Gasteiger partial charge in [-0.25, -0.2) is 9.37 Å². The number of benzene rings is 1. The van der Waals surface area contributed by atoms with Crippen molar-refractivity contribution in [2.24, 2.45) is 0 Å². The summed E-state index contributed by atoms with van der Waals surface area (Å²) in [5.41, 5.74) is 0.562. The Morgan fingerprint density at radius 3 is 2.75 bits per heavy atom. The van der Waals surface area contributed by atoms with Crippen molar-refractivity contribution in [1.29, 1.82) is 0 Å². The summed E-state index contributed by atoms with van der Waals surface area (Å²) in [6.45, 7) is 3.85. The third-order valence-corrected chi connectivity index (χ3v) is 2.88. The zero-order valence-corrected chi connectivity index (χ0v) is 10.0. The molecule has 16 heavy (non-hydrogen) atoms. The van der Waals surface area contributed by atoms with E-state index in [2.05, 4.69) is 10.3 Å². The van der Waals surface area contributed by atoms with Gasteiger partial charge in [-0.3, -0.25) is 0 Å². The van der Waals surface area contributed by atoms with Crippen LogP contribution in [0.3, 0.4) is 0 Å². The van der Waals surface area contributed by atoms with Crippen LogP contribution in [0.5, 0.6) is 0 Å². The first-order chi connectivity index (χ1) is 7.44. The topological polar surface area (TPSA) is 38.1 Å². The van der Waals surface area contributed by atoms with Gasteiger partial charge in [0.25, 0.3) is 0 Å². The highest BCUT2D eigenvalue weighted by molar-refractivity contribution is 6.31. The van der Waals surface area contributed by atoms with Gasteiger partial charge in [-0.1, -0.05) is 11.6 Å². The van der Waals surface area contributed by atoms with Gasteiger partial charge in [0.2, 0.25) is 5.89 Å². The maximum Gasteiger partial charge on any atom is 0.215 e. The molecule has 0 fully saturated rings. The number of fused-ring (bicyclic) bond motifs is 1. The lowest BCUT2D eigenvalue weighted by Crippen LogP contribution is -2.33. The Labute approximate surface area is 97.6 Å². The predicted molar refractivity (Wildman–Crippen MR) is 61.1 cm³/mol. The Bertz CT molecular complexity index is 497. The summed E-state index contributed by atoms with van der Waals surface area (Å²) in [5.74, 6) is 0.00537. The summed E-state index contributed by atoms with van der Waals surface area (Å²) in [7, 11) is 1.81. The van der Waals surface area contributed by atoms with Crippen molar-refractivity contribution in [3.63, 3.8) is 0 Å². The minimum absolute atomic E-state index is 0.0506. The van der Waals surface area contributed by atoms with Crippen LogP contribution in [0.2, 0.25) is 5.02 Å². The molecule has 0 bridgehead atoms. The van der Waals surface area contributed by atoms with Crippen molar-refractivity contribution >= 4 is 22.7 Å². The zero-order valence-electron chi connectivity index (χ0n) is 9.27. The fourth-order valence-corrected chi connectivity index (χ4v) is 1.46. The summed E-state index contributed by atoms with van der Waals surface area (Å²) in [4.78, 5) is 4.28. The molecule has 0 aliphatic heterocycles. The van der Waals surface area contributed by atoms with Crippen LogP contribution < -0.4 is 5.32 Å². The fourth-order valence-electron chi connectivity index (χ4n) is 1.30. The third kappa shape index (κ3) is 1.79. The van der Waals surface area contributed by atoms with E-state index in [1.165, 1.54) is 12.1 Å². The molecule has 0 aliphatic rings. The molecule has 3 nitrogen and oxygen atoms in total. The monoisotopic (exact) mass is 242 g/mol. The van der Waals surface area contributed by atoms with Crippen LogP contribution in [0.25, 0.3) is 11.1 Å². The Morgan fingerprint density at radius 2 is 2.12 bits per heavy atom. The van der Waals surface area contributed by atoms with Crippen LogP contribution in [0.1, 0.15) is 19.7 Å². The highest BCUT2D eigenvalue weighted by Crippen LogP contribution is 2.27. The predicted octanol–water partition coefficient (Wildman–Crippen LogP) is 3.07. The molecule has 0 spiro atoms. The lowest BCUT2D eigenvalue weighted by Gasteiger charge is -2.18. The maximum absolute atomic E-state index is 13.2. The summed E-state index contributed by atoms with van der Waals surface area (Å²) >= 11 is 5.67. The van der Waals surface area contributed by atoms with Gasteiger partial charge < -0.3 is 9.73 Å². The van der Waals surface area contributed by atoms with Gasteiger partial charge in [0.1, 0.15) is 11.3 Å². The van der Waals surface area contributed by atoms with Crippen molar-refractivity contribution in [3.05, 3.63) is 28.9 Å². The van der Waals surface area contributed by atoms with Crippen LogP contribution in [0.4, 0.5) is 4.39 Å². The molecule has 0 saturated carbocycles. The average Bonchev–Trinajstić information content (AvgIpc) is 2.62. The summed E-state index contributed by atoms with van der Waals surface area (Å²) in [6.07, 6.45) is 0. The first-order valence-corrected chi connectivity index (χ1v) is 5.27. The van der Waals surface area contributed by atoms with E-state index in [4.69, 9.17) is 16.0 Å². The normalized spacial score (nSPS) is 12.3. The van der Waals surface area contributed by atoms with E-state index in [-0.39, 0.29) is 5.02 Å². The van der Waals surface area contributed by atoms with Crippen molar-refractivity contribution < 1.29 is 8.81 Å². The lowest BCUT2D eigenvalue weighted by molar-refractivity contribution is 0.338. The third-order valence-electron chi connectivity index (χ3n) is 2.59. The van der Waals surface area contributed by atoms with E-state index < -0.39 is 11.4 Å².